The fraction of sp³-hybridized carbons (Fsp3) is 0.280. The molecule has 0 amide bonds. The summed E-state index contributed by atoms with van der Waals surface area (Å²) >= 11 is 0. The lowest BCUT2D eigenvalue weighted by molar-refractivity contribution is 0.201. The Bertz CT molecular complexity index is 1050. The normalized spacial score (nSPS) is 14.9. The van der Waals surface area contributed by atoms with Crippen LogP contribution < -0.4 is 20.4 Å². The second-order valence-corrected chi connectivity index (χ2v) is 7.71. The Labute approximate surface area is 188 Å². The van der Waals surface area contributed by atoms with E-state index in [1.54, 1.807) is 0 Å². The van der Waals surface area contributed by atoms with Gasteiger partial charge in [-0.15, -0.1) is 5.11 Å². The molecule has 1 heterocycles. The van der Waals surface area contributed by atoms with Gasteiger partial charge in [0, 0.05) is 0 Å². The van der Waals surface area contributed by atoms with Crippen molar-refractivity contribution in [2.24, 2.45) is 10.3 Å². The third-order valence-electron chi connectivity index (χ3n) is 5.31. The second-order valence-electron chi connectivity index (χ2n) is 7.71. The molecule has 1 unspecified atom stereocenters. The van der Waals surface area contributed by atoms with Crippen LogP contribution in [0, 0.1) is 6.92 Å². The van der Waals surface area contributed by atoms with Crippen molar-refractivity contribution >= 4 is 0 Å². The van der Waals surface area contributed by atoms with Crippen molar-refractivity contribution in [3.8, 4) is 22.6 Å². The number of hydrogen-bond acceptors (Lipinski definition) is 7. The number of hydrogen-bond donors (Lipinski definition) is 3. The molecule has 0 aromatic heterocycles. The van der Waals surface area contributed by atoms with Crippen LogP contribution in [0.25, 0.3) is 11.1 Å². The number of hydrazine groups is 1. The van der Waals surface area contributed by atoms with Crippen molar-refractivity contribution in [3.05, 3.63) is 83.4 Å². The molecule has 3 aromatic carbocycles. The summed E-state index contributed by atoms with van der Waals surface area (Å²) in [4.78, 5) is 0. The smallest absolute Gasteiger partial charge is 0.141 e. The number of nitrogens with zero attached hydrogens (tertiary/aromatic N) is 2. The topological polar surface area (TPSA) is 87.5 Å². The van der Waals surface area contributed by atoms with Crippen LogP contribution in [0.15, 0.2) is 77.1 Å². The van der Waals surface area contributed by atoms with Crippen LogP contribution in [0.1, 0.15) is 23.1 Å². The Morgan fingerprint density at radius 2 is 1.78 bits per heavy atom. The molecular weight excluding hydrogens is 404 g/mol. The van der Waals surface area contributed by atoms with Gasteiger partial charge in [0.1, 0.15) is 30.9 Å². The molecule has 0 fully saturated rings. The minimum atomic E-state index is 0.00796. The molecule has 0 radical (unpaired) electrons. The highest BCUT2D eigenvalue weighted by Gasteiger charge is 2.10. The SMILES string of the molecule is Cc1cc(OCCO)ccc1-c1cccc(COc2ccc(CCC3N=NNN3)cc2)c1. The molecule has 166 valence electrons. The molecular formula is C25H28N4O3. The van der Waals surface area contributed by atoms with E-state index in [-0.39, 0.29) is 12.8 Å². The standard InChI is InChI=1S/C25H28N4O3/c1-18-15-23(31-14-13-30)10-11-24(18)21-4-2-3-20(16-21)17-32-22-8-5-19(6-9-22)7-12-25-26-28-29-27-25/h2-6,8-11,15-16,25,30H,7,12-14,17H2,1H3,(H,26,29)(H,27,28). The van der Waals surface area contributed by atoms with E-state index in [0.717, 1.165) is 46.6 Å². The quantitative estimate of drug-likeness (QED) is 0.443. The predicted octanol–water partition coefficient (Wildman–Crippen LogP) is 4.35. The van der Waals surface area contributed by atoms with E-state index in [1.807, 2.05) is 24.3 Å². The fourth-order valence-electron chi connectivity index (χ4n) is 3.63. The molecule has 4 rings (SSSR count). The molecule has 7 nitrogen and oxygen atoms in total. The van der Waals surface area contributed by atoms with Gasteiger partial charge >= 0.3 is 0 Å². The van der Waals surface area contributed by atoms with Crippen LogP contribution in [-0.4, -0.2) is 24.5 Å². The Balaban J connectivity index is 1.34. The second kappa shape index (κ2) is 10.7. The fourth-order valence-corrected chi connectivity index (χ4v) is 3.63. The first-order chi connectivity index (χ1) is 15.7. The van der Waals surface area contributed by atoms with Gasteiger partial charge in [-0.25, -0.2) is 5.53 Å². The van der Waals surface area contributed by atoms with E-state index >= 15 is 0 Å². The zero-order chi connectivity index (χ0) is 22.2. The highest BCUT2D eigenvalue weighted by molar-refractivity contribution is 5.68. The zero-order valence-electron chi connectivity index (χ0n) is 18.1. The number of aliphatic hydroxyl groups excluding tert-OH is 1. The van der Waals surface area contributed by atoms with Crippen LogP contribution in [0.4, 0.5) is 0 Å². The maximum atomic E-state index is 8.92. The summed E-state index contributed by atoms with van der Waals surface area (Å²) in [7, 11) is 0. The highest BCUT2D eigenvalue weighted by atomic mass is 16.5. The molecule has 0 aliphatic carbocycles. The first kappa shape index (κ1) is 21.8. The average Bonchev–Trinajstić information content (AvgIpc) is 3.35. The van der Waals surface area contributed by atoms with Crippen molar-refractivity contribution in [2.45, 2.75) is 32.5 Å². The molecule has 1 atom stereocenters. The molecule has 0 saturated heterocycles. The number of nitrogens with one attached hydrogen (secondary N) is 2. The number of aryl methyl sites for hydroxylation is 2. The van der Waals surface area contributed by atoms with Gasteiger partial charge in [0.05, 0.1) is 6.61 Å². The third-order valence-corrected chi connectivity index (χ3v) is 5.31. The summed E-state index contributed by atoms with van der Waals surface area (Å²) < 4.78 is 11.5. The lowest BCUT2D eigenvalue weighted by atomic mass is 9.99. The molecule has 1 aliphatic rings. The lowest BCUT2D eigenvalue weighted by Crippen LogP contribution is -2.30. The average molecular weight is 433 g/mol. The van der Waals surface area contributed by atoms with Crippen molar-refractivity contribution in [1.82, 2.24) is 11.0 Å². The van der Waals surface area contributed by atoms with Gasteiger partial charge in [0.25, 0.3) is 0 Å². The number of rotatable bonds is 10. The van der Waals surface area contributed by atoms with E-state index in [0.29, 0.717) is 13.2 Å². The van der Waals surface area contributed by atoms with Crippen molar-refractivity contribution in [1.29, 1.82) is 0 Å². The summed E-state index contributed by atoms with van der Waals surface area (Å²) in [5, 5.41) is 16.7. The summed E-state index contributed by atoms with van der Waals surface area (Å²) in [5.41, 5.74) is 11.4. The van der Waals surface area contributed by atoms with E-state index in [1.165, 1.54) is 5.56 Å². The van der Waals surface area contributed by atoms with E-state index in [2.05, 4.69) is 70.7 Å². The van der Waals surface area contributed by atoms with E-state index < -0.39 is 0 Å². The molecule has 3 N–H and O–H groups in total. The van der Waals surface area contributed by atoms with Crippen molar-refractivity contribution < 1.29 is 14.6 Å². The van der Waals surface area contributed by atoms with Crippen LogP contribution in [0.5, 0.6) is 11.5 Å². The predicted molar refractivity (Wildman–Crippen MR) is 123 cm³/mol. The van der Waals surface area contributed by atoms with Crippen molar-refractivity contribution in [2.75, 3.05) is 13.2 Å². The lowest BCUT2D eigenvalue weighted by Gasteiger charge is -2.12. The molecule has 3 aromatic rings. The van der Waals surface area contributed by atoms with Gasteiger partial charge in [0.15, 0.2) is 0 Å². The van der Waals surface area contributed by atoms with E-state index in [9.17, 15) is 0 Å². The number of ether oxygens (including phenoxy) is 2. The van der Waals surface area contributed by atoms with Crippen LogP contribution >= 0.6 is 0 Å². The van der Waals surface area contributed by atoms with Crippen LogP contribution in [0.2, 0.25) is 0 Å². The number of aliphatic hydroxyl groups is 1. The molecule has 0 bridgehead atoms. The Morgan fingerprint density at radius 1 is 0.938 bits per heavy atom. The Morgan fingerprint density at radius 3 is 2.53 bits per heavy atom. The maximum Gasteiger partial charge on any atom is 0.141 e. The monoisotopic (exact) mass is 432 g/mol. The summed E-state index contributed by atoms with van der Waals surface area (Å²) in [6, 6.07) is 22.6. The molecule has 7 heteroatoms. The van der Waals surface area contributed by atoms with Gasteiger partial charge in [0.2, 0.25) is 0 Å². The summed E-state index contributed by atoms with van der Waals surface area (Å²) in [5.74, 6) is 1.62. The van der Waals surface area contributed by atoms with Crippen LogP contribution in [-0.2, 0) is 13.0 Å². The first-order valence-electron chi connectivity index (χ1n) is 10.8. The Kier molecular flexibility index (Phi) is 7.32. The molecule has 1 aliphatic heterocycles. The first-order valence-corrected chi connectivity index (χ1v) is 10.8. The van der Waals surface area contributed by atoms with Gasteiger partial charge in [-0.1, -0.05) is 41.6 Å². The number of benzene rings is 3. The highest BCUT2D eigenvalue weighted by Crippen LogP contribution is 2.28. The summed E-state index contributed by atoms with van der Waals surface area (Å²) in [6.07, 6.45) is 1.84. The van der Waals surface area contributed by atoms with E-state index in [4.69, 9.17) is 14.6 Å². The van der Waals surface area contributed by atoms with Gasteiger partial charge in [-0.2, -0.15) is 5.43 Å². The van der Waals surface area contributed by atoms with Crippen molar-refractivity contribution in [3.63, 3.8) is 0 Å². The zero-order valence-corrected chi connectivity index (χ0v) is 18.1. The minimum absolute atomic E-state index is 0.00796. The largest absolute Gasteiger partial charge is 0.491 e. The molecule has 32 heavy (non-hydrogen) atoms. The van der Waals surface area contributed by atoms with Crippen LogP contribution in [0.3, 0.4) is 0 Å². The third kappa shape index (κ3) is 5.84. The maximum absolute atomic E-state index is 8.92. The van der Waals surface area contributed by atoms with Gasteiger partial charge in [-0.3, -0.25) is 0 Å². The minimum Gasteiger partial charge on any atom is -0.491 e. The molecule has 0 spiro atoms. The Hall–Kier alpha value is -3.42. The molecule has 0 saturated carbocycles. The summed E-state index contributed by atoms with van der Waals surface area (Å²) in [6.45, 7) is 2.87. The van der Waals surface area contributed by atoms with Gasteiger partial charge < -0.3 is 14.6 Å². The van der Waals surface area contributed by atoms with Gasteiger partial charge in [-0.05, 0) is 77.9 Å².